The molecule has 0 aliphatic carbocycles. The summed E-state index contributed by atoms with van der Waals surface area (Å²) in [5.74, 6) is 0.773. The van der Waals surface area contributed by atoms with E-state index in [1.807, 2.05) is 7.05 Å². The van der Waals surface area contributed by atoms with Crippen LogP contribution in [0.2, 0.25) is 0 Å². The van der Waals surface area contributed by atoms with Crippen LogP contribution in [-0.4, -0.2) is 26.7 Å². The number of piperidine rings is 1. The van der Waals surface area contributed by atoms with Gasteiger partial charge in [-0.2, -0.15) is 0 Å². The molecule has 2 rings (SSSR count). The number of hydrogen-bond donors (Lipinski definition) is 2. The third-order valence-electron chi connectivity index (χ3n) is 3.48. The fraction of sp³-hybridized carbons (Fsp3) is 0.571. The van der Waals surface area contributed by atoms with Gasteiger partial charge in [0.15, 0.2) is 0 Å². The number of rotatable bonds is 4. The lowest BCUT2D eigenvalue weighted by molar-refractivity contribution is 0.458. The van der Waals surface area contributed by atoms with Crippen LogP contribution in [0.15, 0.2) is 24.3 Å². The van der Waals surface area contributed by atoms with E-state index in [0.717, 1.165) is 18.9 Å². The first-order valence-corrected chi connectivity index (χ1v) is 6.35. The Balaban J connectivity index is 2.11. The molecule has 1 aliphatic rings. The molecule has 0 radical (unpaired) electrons. The minimum Gasteiger partial charge on any atom is -0.319 e. The highest BCUT2D eigenvalue weighted by molar-refractivity contribution is 5.31. The van der Waals surface area contributed by atoms with Crippen LogP contribution in [0.5, 0.6) is 0 Å². The predicted molar refractivity (Wildman–Crippen MR) is 68.9 cm³/mol. The minimum absolute atomic E-state index is 0.773. The smallest absolute Gasteiger partial charge is 0.00113 e. The summed E-state index contributed by atoms with van der Waals surface area (Å²) in [7, 11) is 2.02. The second-order valence-corrected chi connectivity index (χ2v) is 4.58. The highest BCUT2D eigenvalue weighted by Gasteiger charge is 2.17. The van der Waals surface area contributed by atoms with E-state index in [0.29, 0.717) is 0 Å². The molecule has 1 aromatic rings. The number of hydrogen-bond acceptors (Lipinski definition) is 2. The zero-order chi connectivity index (χ0) is 11.2. The molecule has 0 aromatic heterocycles. The minimum atomic E-state index is 0.773. The lowest BCUT2D eigenvalue weighted by atomic mass is 9.86. The summed E-state index contributed by atoms with van der Waals surface area (Å²) in [5.41, 5.74) is 3.11. The first-order chi connectivity index (χ1) is 7.92. The Morgan fingerprint density at radius 3 is 2.75 bits per heavy atom. The molecule has 1 heterocycles. The zero-order valence-corrected chi connectivity index (χ0v) is 10.1. The van der Waals surface area contributed by atoms with E-state index in [2.05, 4.69) is 34.9 Å². The third-order valence-corrected chi connectivity index (χ3v) is 3.48. The van der Waals surface area contributed by atoms with Crippen molar-refractivity contribution in [3.63, 3.8) is 0 Å². The Kier molecular flexibility index (Phi) is 4.37. The molecule has 0 amide bonds. The van der Waals surface area contributed by atoms with Crippen LogP contribution in [0, 0.1) is 0 Å². The maximum absolute atomic E-state index is 3.43. The molecule has 88 valence electrons. The second kappa shape index (κ2) is 6.02. The highest BCUT2D eigenvalue weighted by atomic mass is 14.9. The van der Waals surface area contributed by atoms with Crippen molar-refractivity contribution < 1.29 is 0 Å². The number of benzene rings is 1. The molecule has 1 saturated heterocycles. The fourth-order valence-corrected chi connectivity index (χ4v) is 2.55. The molecule has 1 aliphatic heterocycles. The Morgan fingerprint density at radius 1 is 1.25 bits per heavy atom. The molecule has 0 unspecified atom stereocenters. The molecule has 2 heteroatoms. The normalized spacial score (nSPS) is 17.6. The maximum Gasteiger partial charge on any atom is -0.00113 e. The van der Waals surface area contributed by atoms with Gasteiger partial charge < -0.3 is 10.6 Å². The van der Waals surface area contributed by atoms with Gasteiger partial charge in [-0.1, -0.05) is 24.3 Å². The molecule has 0 saturated carbocycles. The molecule has 0 bridgehead atoms. The summed E-state index contributed by atoms with van der Waals surface area (Å²) < 4.78 is 0. The maximum atomic E-state index is 3.43. The SMILES string of the molecule is CNCCc1ccccc1C1CCNCC1. The molecule has 16 heavy (non-hydrogen) atoms. The van der Waals surface area contributed by atoms with Crippen LogP contribution in [-0.2, 0) is 6.42 Å². The first kappa shape index (κ1) is 11.6. The van der Waals surface area contributed by atoms with Gasteiger partial charge in [0.25, 0.3) is 0 Å². The summed E-state index contributed by atoms with van der Waals surface area (Å²) in [5, 5.41) is 6.67. The molecular formula is C14H22N2. The van der Waals surface area contributed by atoms with Gasteiger partial charge in [-0.3, -0.25) is 0 Å². The van der Waals surface area contributed by atoms with Gasteiger partial charge in [0.05, 0.1) is 0 Å². The summed E-state index contributed by atoms with van der Waals surface area (Å²) in [6.07, 6.45) is 3.73. The van der Waals surface area contributed by atoms with Crippen molar-refractivity contribution in [1.29, 1.82) is 0 Å². The van der Waals surface area contributed by atoms with Gasteiger partial charge in [-0.15, -0.1) is 0 Å². The van der Waals surface area contributed by atoms with Crippen LogP contribution in [0.1, 0.15) is 29.9 Å². The average molecular weight is 218 g/mol. The summed E-state index contributed by atoms with van der Waals surface area (Å²) in [6, 6.07) is 8.95. The van der Waals surface area contributed by atoms with Crippen molar-refractivity contribution in [2.24, 2.45) is 0 Å². The topological polar surface area (TPSA) is 24.1 Å². The fourth-order valence-electron chi connectivity index (χ4n) is 2.55. The van der Waals surface area contributed by atoms with E-state index in [9.17, 15) is 0 Å². The molecule has 1 aromatic carbocycles. The van der Waals surface area contributed by atoms with Gasteiger partial charge in [0.1, 0.15) is 0 Å². The second-order valence-electron chi connectivity index (χ2n) is 4.58. The Hall–Kier alpha value is -0.860. The van der Waals surface area contributed by atoms with Crippen molar-refractivity contribution in [1.82, 2.24) is 10.6 Å². The van der Waals surface area contributed by atoms with Gasteiger partial charge in [-0.05, 0) is 63.0 Å². The monoisotopic (exact) mass is 218 g/mol. The summed E-state index contributed by atoms with van der Waals surface area (Å²) in [4.78, 5) is 0. The van der Waals surface area contributed by atoms with E-state index >= 15 is 0 Å². The van der Waals surface area contributed by atoms with E-state index < -0.39 is 0 Å². The zero-order valence-electron chi connectivity index (χ0n) is 10.1. The van der Waals surface area contributed by atoms with Crippen LogP contribution in [0.4, 0.5) is 0 Å². The quantitative estimate of drug-likeness (QED) is 0.807. The van der Waals surface area contributed by atoms with Crippen molar-refractivity contribution in [2.75, 3.05) is 26.7 Å². The van der Waals surface area contributed by atoms with E-state index in [4.69, 9.17) is 0 Å². The average Bonchev–Trinajstić information content (AvgIpc) is 2.38. The van der Waals surface area contributed by atoms with Gasteiger partial charge >= 0.3 is 0 Å². The Labute approximate surface area is 98.4 Å². The number of likely N-dealkylation sites (N-methyl/N-ethyl adjacent to an activating group) is 1. The highest BCUT2D eigenvalue weighted by Crippen LogP contribution is 2.28. The van der Waals surface area contributed by atoms with E-state index in [1.54, 1.807) is 5.56 Å². The van der Waals surface area contributed by atoms with Crippen LogP contribution < -0.4 is 10.6 Å². The standard InChI is InChI=1S/C14H22N2/c1-15-9-6-12-4-2-3-5-14(12)13-7-10-16-11-8-13/h2-5,13,15-16H,6-11H2,1H3. The van der Waals surface area contributed by atoms with Crippen molar-refractivity contribution >= 4 is 0 Å². The third kappa shape index (κ3) is 2.83. The van der Waals surface area contributed by atoms with Crippen LogP contribution >= 0.6 is 0 Å². The predicted octanol–water partition coefficient (Wildman–Crippen LogP) is 1.92. The summed E-state index contributed by atoms with van der Waals surface area (Å²) >= 11 is 0. The van der Waals surface area contributed by atoms with E-state index in [1.165, 1.54) is 31.5 Å². The first-order valence-electron chi connectivity index (χ1n) is 6.35. The molecular weight excluding hydrogens is 196 g/mol. The molecule has 1 fully saturated rings. The summed E-state index contributed by atoms with van der Waals surface area (Å²) in [6.45, 7) is 3.41. The van der Waals surface area contributed by atoms with Crippen molar-refractivity contribution in [2.45, 2.75) is 25.2 Å². The van der Waals surface area contributed by atoms with Crippen molar-refractivity contribution in [3.05, 3.63) is 35.4 Å². The number of nitrogens with one attached hydrogen (secondary N) is 2. The lowest BCUT2D eigenvalue weighted by Gasteiger charge is -2.25. The molecule has 0 spiro atoms. The largest absolute Gasteiger partial charge is 0.319 e. The van der Waals surface area contributed by atoms with Gasteiger partial charge in [0.2, 0.25) is 0 Å². The Bertz CT molecular complexity index is 316. The molecule has 2 nitrogen and oxygen atoms in total. The van der Waals surface area contributed by atoms with Crippen LogP contribution in [0.3, 0.4) is 0 Å². The lowest BCUT2D eigenvalue weighted by Crippen LogP contribution is -2.27. The van der Waals surface area contributed by atoms with E-state index in [-0.39, 0.29) is 0 Å². The van der Waals surface area contributed by atoms with Gasteiger partial charge in [-0.25, -0.2) is 0 Å². The van der Waals surface area contributed by atoms with Gasteiger partial charge in [0, 0.05) is 0 Å². The molecule has 0 atom stereocenters. The molecule has 2 N–H and O–H groups in total. The van der Waals surface area contributed by atoms with Crippen LogP contribution in [0.25, 0.3) is 0 Å². The Morgan fingerprint density at radius 2 is 2.00 bits per heavy atom. The van der Waals surface area contributed by atoms with Crippen molar-refractivity contribution in [3.8, 4) is 0 Å².